The van der Waals surface area contributed by atoms with E-state index in [1.807, 2.05) is 19.2 Å². The number of nitrogens with one attached hydrogen (secondary N) is 1. The Hall–Kier alpha value is -1.00. The van der Waals surface area contributed by atoms with Gasteiger partial charge in [0.05, 0.1) is 5.69 Å². The lowest BCUT2D eigenvalue weighted by Gasteiger charge is -2.19. The summed E-state index contributed by atoms with van der Waals surface area (Å²) in [5, 5.41) is 3.47. The fraction of sp³-hybridized carbons (Fsp3) is 0.667. The fourth-order valence-electron chi connectivity index (χ4n) is 2.21. The summed E-state index contributed by atoms with van der Waals surface area (Å²) in [5.74, 6) is 0.845. The molecule has 0 saturated carbocycles. The van der Waals surface area contributed by atoms with Crippen molar-refractivity contribution in [1.82, 2.24) is 20.2 Å². The van der Waals surface area contributed by atoms with Crippen molar-refractivity contribution in [3.8, 4) is 0 Å². The van der Waals surface area contributed by atoms with Gasteiger partial charge in [0.2, 0.25) is 0 Å². The number of hydrogen-bond acceptors (Lipinski definition) is 4. The van der Waals surface area contributed by atoms with Gasteiger partial charge in [0.1, 0.15) is 5.82 Å². The maximum atomic E-state index is 4.37. The Morgan fingerprint density at radius 2 is 2.44 bits per heavy atom. The topological polar surface area (TPSA) is 41.1 Å². The molecule has 0 amide bonds. The van der Waals surface area contributed by atoms with Gasteiger partial charge in [-0.3, -0.25) is 0 Å². The van der Waals surface area contributed by atoms with Crippen LogP contribution < -0.4 is 5.32 Å². The van der Waals surface area contributed by atoms with Crippen LogP contribution in [0.1, 0.15) is 24.4 Å². The molecule has 2 rings (SSSR count). The molecule has 1 N–H and O–H groups in total. The number of aromatic nitrogens is 2. The van der Waals surface area contributed by atoms with E-state index >= 15 is 0 Å². The zero-order valence-corrected chi connectivity index (χ0v) is 10.1. The van der Waals surface area contributed by atoms with Gasteiger partial charge in [-0.1, -0.05) is 0 Å². The smallest absolute Gasteiger partial charge is 0.125 e. The van der Waals surface area contributed by atoms with E-state index in [4.69, 9.17) is 0 Å². The van der Waals surface area contributed by atoms with Crippen LogP contribution in [0, 0.1) is 6.92 Å². The van der Waals surface area contributed by atoms with E-state index in [2.05, 4.69) is 27.2 Å². The number of nitrogens with zero attached hydrogens (tertiary/aromatic N) is 3. The number of rotatable bonds is 4. The van der Waals surface area contributed by atoms with E-state index < -0.39 is 0 Å². The largest absolute Gasteiger partial charge is 0.310 e. The van der Waals surface area contributed by atoms with Gasteiger partial charge in [-0.25, -0.2) is 9.97 Å². The third-order valence-electron chi connectivity index (χ3n) is 3.19. The molecule has 1 aliphatic heterocycles. The van der Waals surface area contributed by atoms with Crippen LogP contribution in [0.5, 0.6) is 0 Å². The van der Waals surface area contributed by atoms with Crippen molar-refractivity contribution in [1.29, 1.82) is 0 Å². The highest BCUT2D eigenvalue weighted by Gasteiger charge is 2.19. The fourth-order valence-corrected chi connectivity index (χ4v) is 2.21. The number of likely N-dealkylation sites (N-methyl/N-ethyl adjacent to an activating group) is 1. The molecular formula is C12H20N4. The predicted octanol–water partition coefficient (Wildman–Crippen LogP) is 0.969. The molecule has 0 aromatic carbocycles. The van der Waals surface area contributed by atoms with Crippen molar-refractivity contribution in [3.05, 3.63) is 23.8 Å². The van der Waals surface area contributed by atoms with Gasteiger partial charge in [0, 0.05) is 25.3 Å². The van der Waals surface area contributed by atoms with Gasteiger partial charge in [-0.05, 0) is 39.4 Å². The van der Waals surface area contributed by atoms with E-state index in [-0.39, 0.29) is 0 Å². The first-order valence-corrected chi connectivity index (χ1v) is 5.95. The number of aryl methyl sites for hydroxylation is 1. The summed E-state index contributed by atoms with van der Waals surface area (Å²) < 4.78 is 0. The number of hydrogen-bond donors (Lipinski definition) is 1. The molecule has 16 heavy (non-hydrogen) atoms. The van der Waals surface area contributed by atoms with Crippen LogP contribution in [0.25, 0.3) is 0 Å². The zero-order chi connectivity index (χ0) is 11.4. The van der Waals surface area contributed by atoms with Crippen LogP contribution in [-0.2, 0) is 6.54 Å². The van der Waals surface area contributed by atoms with E-state index in [0.29, 0.717) is 6.04 Å². The average molecular weight is 220 g/mol. The standard InChI is InChI=1S/C12H20N4/c1-10-14-6-5-11(15-10)8-13-9-12-4-3-7-16(12)2/h5-6,12-13H,3-4,7-9H2,1-2H3. The summed E-state index contributed by atoms with van der Waals surface area (Å²) in [6, 6.07) is 2.67. The molecule has 1 atom stereocenters. The van der Waals surface area contributed by atoms with Gasteiger partial charge in [0.25, 0.3) is 0 Å². The Kier molecular flexibility index (Phi) is 3.85. The summed E-state index contributed by atoms with van der Waals surface area (Å²) in [6.45, 7) is 5.06. The Labute approximate surface area is 97.1 Å². The third-order valence-corrected chi connectivity index (χ3v) is 3.19. The van der Waals surface area contributed by atoms with E-state index in [9.17, 15) is 0 Å². The molecular weight excluding hydrogens is 200 g/mol. The first-order valence-electron chi connectivity index (χ1n) is 5.95. The molecule has 4 nitrogen and oxygen atoms in total. The molecule has 0 spiro atoms. The van der Waals surface area contributed by atoms with E-state index in [1.165, 1.54) is 19.4 Å². The lowest BCUT2D eigenvalue weighted by atomic mass is 10.2. The Morgan fingerprint density at radius 3 is 3.12 bits per heavy atom. The van der Waals surface area contributed by atoms with Crippen molar-refractivity contribution in [2.75, 3.05) is 20.1 Å². The van der Waals surface area contributed by atoms with Crippen LogP contribution in [0.4, 0.5) is 0 Å². The summed E-state index contributed by atoms with van der Waals surface area (Å²) in [4.78, 5) is 10.9. The second-order valence-corrected chi connectivity index (χ2v) is 4.50. The minimum absolute atomic E-state index is 0.697. The van der Waals surface area contributed by atoms with Crippen LogP contribution in [0.2, 0.25) is 0 Å². The van der Waals surface area contributed by atoms with Crippen LogP contribution >= 0.6 is 0 Å². The zero-order valence-electron chi connectivity index (χ0n) is 10.1. The average Bonchev–Trinajstić information content (AvgIpc) is 2.65. The first kappa shape index (κ1) is 11.5. The van der Waals surface area contributed by atoms with Crippen molar-refractivity contribution in [2.45, 2.75) is 32.4 Å². The Balaban J connectivity index is 1.75. The van der Waals surface area contributed by atoms with E-state index in [1.54, 1.807) is 0 Å². The third kappa shape index (κ3) is 3.00. The monoisotopic (exact) mass is 220 g/mol. The van der Waals surface area contributed by atoms with Gasteiger partial charge in [0.15, 0.2) is 0 Å². The highest BCUT2D eigenvalue weighted by Crippen LogP contribution is 2.13. The maximum absolute atomic E-state index is 4.37. The maximum Gasteiger partial charge on any atom is 0.125 e. The van der Waals surface area contributed by atoms with Crippen molar-refractivity contribution < 1.29 is 0 Å². The molecule has 1 fully saturated rings. The summed E-state index contributed by atoms with van der Waals surface area (Å²) in [6.07, 6.45) is 4.46. The molecule has 2 heterocycles. The normalized spacial score (nSPS) is 21.5. The highest BCUT2D eigenvalue weighted by molar-refractivity contribution is 5.01. The van der Waals surface area contributed by atoms with Crippen LogP contribution in [-0.4, -0.2) is 41.0 Å². The summed E-state index contributed by atoms with van der Waals surface area (Å²) >= 11 is 0. The molecule has 1 aromatic heterocycles. The summed E-state index contributed by atoms with van der Waals surface area (Å²) in [7, 11) is 2.20. The van der Waals surface area contributed by atoms with Crippen LogP contribution in [0.15, 0.2) is 12.3 Å². The molecule has 0 aliphatic carbocycles. The molecule has 88 valence electrons. The molecule has 0 radical (unpaired) electrons. The molecule has 1 aromatic rings. The quantitative estimate of drug-likeness (QED) is 0.821. The molecule has 4 heteroatoms. The second kappa shape index (κ2) is 5.37. The minimum Gasteiger partial charge on any atom is -0.310 e. The molecule has 1 aliphatic rings. The van der Waals surface area contributed by atoms with E-state index in [0.717, 1.165) is 24.6 Å². The van der Waals surface area contributed by atoms with Crippen LogP contribution in [0.3, 0.4) is 0 Å². The highest BCUT2D eigenvalue weighted by atomic mass is 15.2. The lowest BCUT2D eigenvalue weighted by Crippen LogP contribution is -2.35. The van der Waals surface area contributed by atoms with Gasteiger partial charge in [-0.15, -0.1) is 0 Å². The second-order valence-electron chi connectivity index (χ2n) is 4.50. The van der Waals surface area contributed by atoms with Crippen molar-refractivity contribution >= 4 is 0 Å². The SMILES string of the molecule is Cc1nccc(CNCC2CCCN2C)n1. The molecule has 1 unspecified atom stereocenters. The Morgan fingerprint density at radius 1 is 1.56 bits per heavy atom. The van der Waals surface area contributed by atoms with Gasteiger partial charge < -0.3 is 10.2 Å². The molecule has 0 bridgehead atoms. The number of likely N-dealkylation sites (tertiary alicyclic amines) is 1. The van der Waals surface area contributed by atoms with Gasteiger partial charge in [-0.2, -0.15) is 0 Å². The van der Waals surface area contributed by atoms with Crippen molar-refractivity contribution in [2.24, 2.45) is 0 Å². The first-order chi connectivity index (χ1) is 7.75. The summed E-state index contributed by atoms with van der Waals surface area (Å²) in [5.41, 5.74) is 1.08. The Bertz CT molecular complexity index is 340. The molecule has 1 saturated heterocycles. The minimum atomic E-state index is 0.697. The van der Waals surface area contributed by atoms with Crippen molar-refractivity contribution in [3.63, 3.8) is 0 Å². The van der Waals surface area contributed by atoms with Gasteiger partial charge >= 0.3 is 0 Å². The lowest BCUT2D eigenvalue weighted by molar-refractivity contribution is 0.300. The predicted molar refractivity (Wildman–Crippen MR) is 64.1 cm³/mol.